The van der Waals surface area contributed by atoms with Gasteiger partial charge in [-0.05, 0) is 18.2 Å². The fraction of sp³-hybridized carbons (Fsp3) is 0.588. The van der Waals surface area contributed by atoms with Crippen molar-refractivity contribution in [3.05, 3.63) is 18.2 Å². The standard InChI is InChI=1S/C17H23N3O8S3/c1-10(21)18-11-3-4-16(28-2)17(5-11)31(26,27)20-14-8-29(22,23)6-12(14)19-13-7-30(24,25)9-15(13)20/h3-5,12-15,19H,6-9H2,1-2H3,(H,18,21)/t12-,13-,14+,15+/m0/s1. The molecular weight excluding hydrogens is 470 g/mol. The van der Waals surface area contributed by atoms with E-state index in [0.717, 1.165) is 4.31 Å². The molecule has 14 heteroatoms. The molecule has 4 rings (SSSR count). The second kappa shape index (κ2) is 7.40. The minimum Gasteiger partial charge on any atom is -0.495 e. The van der Waals surface area contributed by atoms with Crippen LogP contribution in [0.1, 0.15) is 6.92 Å². The van der Waals surface area contributed by atoms with Crippen molar-refractivity contribution in [2.45, 2.75) is 36.0 Å². The summed E-state index contributed by atoms with van der Waals surface area (Å²) in [7, 11) is -10.1. The highest BCUT2D eigenvalue weighted by molar-refractivity contribution is 7.92. The molecule has 0 radical (unpaired) electrons. The quantitative estimate of drug-likeness (QED) is 0.514. The number of methoxy groups -OCH3 is 1. The van der Waals surface area contributed by atoms with E-state index >= 15 is 0 Å². The highest BCUT2D eigenvalue weighted by atomic mass is 32.2. The highest BCUT2D eigenvalue weighted by Crippen LogP contribution is 2.38. The van der Waals surface area contributed by atoms with Gasteiger partial charge in [-0.25, -0.2) is 25.3 Å². The number of sulfonamides is 1. The molecule has 0 aromatic heterocycles. The highest BCUT2D eigenvalue weighted by Gasteiger charge is 2.57. The van der Waals surface area contributed by atoms with Gasteiger partial charge in [0.2, 0.25) is 15.9 Å². The molecule has 3 fully saturated rings. The van der Waals surface area contributed by atoms with Gasteiger partial charge in [0.15, 0.2) is 19.7 Å². The van der Waals surface area contributed by atoms with Crippen LogP contribution in [-0.4, -0.2) is 89.8 Å². The Bertz CT molecular complexity index is 1200. The Morgan fingerprint density at radius 2 is 1.61 bits per heavy atom. The number of ether oxygens (including phenoxy) is 1. The van der Waals surface area contributed by atoms with Crippen LogP contribution in [-0.2, 0) is 34.5 Å². The lowest BCUT2D eigenvalue weighted by molar-refractivity contribution is -0.114. The summed E-state index contributed by atoms with van der Waals surface area (Å²) in [6.45, 7) is 1.27. The molecule has 11 nitrogen and oxygen atoms in total. The molecule has 1 aromatic carbocycles. The Balaban J connectivity index is 1.85. The first kappa shape index (κ1) is 22.5. The number of nitrogens with one attached hydrogen (secondary N) is 2. The Labute approximate surface area is 181 Å². The maximum absolute atomic E-state index is 13.8. The molecule has 31 heavy (non-hydrogen) atoms. The number of benzene rings is 1. The van der Waals surface area contributed by atoms with E-state index in [0.29, 0.717) is 0 Å². The van der Waals surface area contributed by atoms with Crippen molar-refractivity contribution >= 4 is 41.3 Å². The number of amides is 1. The molecule has 0 aliphatic carbocycles. The molecule has 3 aliphatic heterocycles. The summed E-state index contributed by atoms with van der Waals surface area (Å²) in [5, 5.41) is 5.56. The number of piperazine rings is 1. The van der Waals surface area contributed by atoms with E-state index in [1.165, 1.54) is 32.2 Å². The van der Waals surface area contributed by atoms with E-state index in [-0.39, 0.29) is 27.8 Å². The second-order valence-electron chi connectivity index (χ2n) is 8.05. The van der Waals surface area contributed by atoms with Gasteiger partial charge in [0.25, 0.3) is 0 Å². The lowest BCUT2D eigenvalue weighted by Gasteiger charge is -2.43. The van der Waals surface area contributed by atoms with Crippen LogP contribution in [0.25, 0.3) is 0 Å². The maximum Gasteiger partial charge on any atom is 0.247 e. The van der Waals surface area contributed by atoms with Crippen LogP contribution in [0.15, 0.2) is 23.1 Å². The van der Waals surface area contributed by atoms with E-state index in [4.69, 9.17) is 4.74 Å². The van der Waals surface area contributed by atoms with Gasteiger partial charge in [-0.1, -0.05) is 0 Å². The number of nitrogens with zero attached hydrogens (tertiary/aromatic N) is 1. The zero-order chi connectivity index (χ0) is 22.8. The average Bonchev–Trinajstić information content (AvgIpc) is 3.10. The molecule has 0 spiro atoms. The van der Waals surface area contributed by atoms with E-state index in [9.17, 15) is 30.0 Å². The zero-order valence-electron chi connectivity index (χ0n) is 16.8. The molecule has 0 unspecified atom stereocenters. The fourth-order valence-corrected chi connectivity index (χ4v) is 10.7. The van der Waals surface area contributed by atoms with Gasteiger partial charge in [0.1, 0.15) is 10.6 Å². The number of hydrogen-bond donors (Lipinski definition) is 2. The minimum atomic E-state index is -4.38. The molecule has 3 heterocycles. The van der Waals surface area contributed by atoms with Crippen molar-refractivity contribution in [3.63, 3.8) is 0 Å². The molecule has 0 bridgehead atoms. The van der Waals surface area contributed by atoms with E-state index < -0.39 is 71.3 Å². The molecule has 3 saturated heterocycles. The first-order valence-corrected chi connectivity index (χ1v) is 14.6. The lowest BCUT2D eigenvalue weighted by Crippen LogP contribution is -2.67. The van der Waals surface area contributed by atoms with Gasteiger partial charge in [-0.2, -0.15) is 4.31 Å². The predicted molar refractivity (Wildman–Crippen MR) is 112 cm³/mol. The summed E-state index contributed by atoms with van der Waals surface area (Å²) in [6.07, 6.45) is 0. The topological polar surface area (TPSA) is 156 Å². The van der Waals surface area contributed by atoms with Crippen LogP contribution in [0.5, 0.6) is 5.75 Å². The van der Waals surface area contributed by atoms with Crippen LogP contribution < -0.4 is 15.4 Å². The summed E-state index contributed by atoms with van der Waals surface area (Å²) in [5.41, 5.74) is 0.216. The normalized spacial score (nSPS) is 31.5. The van der Waals surface area contributed by atoms with Gasteiger partial charge in [-0.15, -0.1) is 0 Å². The van der Waals surface area contributed by atoms with Crippen LogP contribution in [0.2, 0.25) is 0 Å². The SMILES string of the molecule is COc1ccc(NC(C)=O)cc1S(=O)(=O)N1[C@@H]2CS(=O)(=O)C[C@@H]2N[C@H]2CS(=O)(=O)C[C@H]21. The van der Waals surface area contributed by atoms with Gasteiger partial charge in [0, 0.05) is 24.7 Å². The number of rotatable bonds is 4. The van der Waals surface area contributed by atoms with Gasteiger partial charge in [0.05, 0.1) is 42.2 Å². The Kier molecular flexibility index (Phi) is 5.36. The van der Waals surface area contributed by atoms with Crippen LogP contribution in [0.4, 0.5) is 5.69 Å². The van der Waals surface area contributed by atoms with E-state index in [2.05, 4.69) is 10.6 Å². The first-order chi connectivity index (χ1) is 14.3. The maximum atomic E-state index is 13.8. The first-order valence-electron chi connectivity index (χ1n) is 9.49. The summed E-state index contributed by atoms with van der Waals surface area (Å²) >= 11 is 0. The van der Waals surface area contributed by atoms with Crippen molar-refractivity contribution < 1.29 is 34.8 Å². The molecule has 0 saturated carbocycles. The smallest absolute Gasteiger partial charge is 0.247 e. The number of hydrogen-bond acceptors (Lipinski definition) is 9. The molecule has 4 atom stereocenters. The third kappa shape index (κ3) is 4.06. The van der Waals surface area contributed by atoms with Crippen molar-refractivity contribution in [1.82, 2.24) is 9.62 Å². The van der Waals surface area contributed by atoms with Crippen molar-refractivity contribution in [2.24, 2.45) is 0 Å². The number of fused-ring (bicyclic) bond motifs is 2. The summed E-state index contributed by atoms with van der Waals surface area (Å²) < 4.78 is 83.1. The van der Waals surface area contributed by atoms with Crippen LogP contribution in [0, 0.1) is 0 Å². The molecule has 2 N–H and O–H groups in total. The molecule has 172 valence electrons. The van der Waals surface area contributed by atoms with Crippen molar-refractivity contribution in [1.29, 1.82) is 0 Å². The third-order valence-corrected chi connectivity index (χ3v) is 11.2. The monoisotopic (exact) mass is 493 g/mol. The predicted octanol–water partition coefficient (Wildman–Crippen LogP) is -1.42. The number of carbonyl (C=O) groups excluding carboxylic acids is 1. The van der Waals surface area contributed by atoms with Gasteiger partial charge >= 0.3 is 0 Å². The fourth-order valence-electron chi connectivity index (χ4n) is 4.63. The van der Waals surface area contributed by atoms with Crippen molar-refractivity contribution in [3.8, 4) is 5.75 Å². The lowest BCUT2D eigenvalue weighted by atomic mass is 10.0. The minimum absolute atomic E-state index is 0.00226. The summed E-state index contributed by atoms with van der Waals surface area (Å²) in [5.74, 6) is -1.74. The number of anilines is 1. The van der Waals surface area contributed by atoms with E-state index in [1.807, 2.05) is 0 Å². The largest absolute Gasteiger partial charge is 0.495 e. The second-order valence-corrected chi connectivity index (χ2v) is 14.2. The van der Waals surface area contributed by atoms with Gasteiger partial charge in [-0.3, -0.25) is 4.79 Å². The molecule has 1 amide bonds. The molecule has 3 aliphatic rings. The summed E-state index contributed by atoms with van der Waals surface area (Å²) in [4.78, 5) is 11.2. The van der Waals surface area contributed by atoms with Gasteiger partial charge < -0.3 is 15.4 Å². The Morgan fingerprint density at radius 3 is 2.10 bits per heavy atom. The Hall–Kier alpha value is -1.74. The Morgan fingerprint density at radius 1 is 1.06 bits per heavy atom. The molecule has 1 aromatic rings. The molecular formula is C17H23N3O8S3. The van der Waals surface area contributed by atoms with Crippen LogP contribution in [0.3, 0.4) is 0 Å². The van der Waals surface area contributed by atoms with E-state index in [1.54, 1.807) is 0 Å². The average molecular weight is 494 g/mol. The zero-order valence-corrected chi connectivity index (χ0v) is 19.3. The summed E-state index contributed by atoms with van der Waals surface area (Å²) in [6, 6.07) is 0.776. The number of carbonyl (C=O) groups is 1. The third-order valence-electron chi connectivity index (χ3n) is 5.77. The number of sulfone groups is 2. The van der Waals surface area contributed by atoms with Crippen molar-refractivity contribution in [2.75, 3.05) is 35.4 Å². The van der Waals surface area contributed by atoms with Crippen LogP contribution >= 0.6 is 0 Å².